The quantitative estimate of drug-likeness (QED) is 0.285. The third kappa shape index (κ3) is 5.09. The van der Waals surface area contributed by atoms with Gasteiger partial charge in [-0.25, -0.2) is 4.39 Å². The Bertz CT molecular complexity index is 1540. The summed E-state index contributed by atoms with van der Waals surface area (Å²) in [4.78, 5) is 20.6. The molecule has 1 aliphatic heterocycles. The molecule has 1 N–H and O–H groups in total. The van der Waals surface area contributed by atoms with Crippen LogP contribution in [0.2, 0.25) is 10.0 Å². The van der Waals surface area contributed by atoms with Gasteiger partial charge in [-0.1, -0.05) is 34.4 Å². The fraction of sp³-hybridized carbons (Fsp3) is 0.227. The van der Waals surface area contributed by atoms with Crippen LogP contribution in [-0.4, -0.2) is 32.6 Å². The van der Waals surface area contributed by atoms with Crippen molar-refractivity contribution in [1.82, 2.24) is 14.8 Å². The van der Waals surface area contributed by atoms with Gasteiger partial charge >= 0.3 is 12.4 Å². The number of hydrogen-bond acceptors (Lipinski definition) is 6. The van der Waals surface area contributed by atoms with Gasteiger partial charge in [-0.05, 0) is 42.3 Å². The molecule has 4 rings (SSSR count). The zero-order chi connectivity index (χ0) is 28.9. The molecular formula is C22H11Cl2F7N6O2. The predicted molar refractivity (Wildman–Crippen MR) is 122 cm³/mol. The number of carbonyl (C=O) groups excluding carboxylic acids is 1. The van der Waals surface area contributed by atoms with Gasteiger partial charge in [0.15, 0.2) is 5.82 Å². The van der Waals surface area contributed by atoms with Crippen molar-refractivity contribution in [3.8, 4) is 6.19 Å². The second kappa shape index (κ2) is 9.69. The number of nitrogens with one attached hydrogen (secondary N) is 1. The highest BCUT2D eigenvalue weighted by atomic mass is 35.5. The molecule has 39 heavy (non-hydrogen) atoms. The van der Waals surface area contributed by atoms with E-state index in [1.807, 2.05) is 5.32 Å². The van der Waals surface area contributed by atoms with Crippen LogP contribution < -0.4 is 5.32 Å². The lowest BCUT2D eigenvalue weighted by Crippen LogP contribution is -2.42. The van der Waals surface area contributed by atoms with Crippen LogP contribution in [0.3, 0.4) is 0 Å². The summed E-state index contributed by atoms with van der Waals surface area (Å²) >= 11 is 11.4. The summed E-state index contributed by atoms with van der Waals surface area (Å²) in [6.45, 7) is 1.41. The van der Waals surface area contributed by atoms with E-state index in [0.717, 1.165) is 18.3 Å². The lowest BCUT2D eigenvalue weighted by Gasteiger charge is -2.29. The first-order valence-electron chi connectivity index (χ1n) is 10.4. The van der Waals surface area contributed by atoms with E-state index in [9.17, 15) is 35.5 Å². The number of nitriles is 1. The lowest BCUT2D eigenvalue weighted by molar-refractivity contribution is -0.275. The van der Waals surface area contributed by atoms with Crippen LogP contribution in [0.5, 0.6) is 0 Å². The van der Waals surface area contributed by atoms with E-state index in [2.05, 4.69) is 15.2 Å². The zero-order valence-electron chi connectivity index (χ0n) is 19.0. The van der Waals surface area contributed by atoms with Crippen molar-refractivity contribution >= 4 is 40.8 Å². The molecule has 0 radical (unpaired) electrons. The van der Waals surface area contributed by atoms with E-state index in [1.165, 1.54) is 25.1 Å². The predicted octanol–water partition coefficient (Wildman–Crippen LogP) is 6.21. The van der Waals surface area contributed by atoms with Crippen molar-refractivity contribution in [3.05, 3.63) is 74.3 Å². The Morgan fingerprint density at radius 2 is 1.79 bits per heavy atom. The second-order valence-corrected chi connectivity index (χ2v) is 8.95. The van der Waals surface area contributed by atoms with E-state index in [4.69, 9.17) is 33.3 Å². The molecule has 1 aliphatic rings. The van der Waals surface area contributed by atoms with Crippen LogP contribution in [-0.2, 0) is 16.6 Å². The Morgan fingerprint density at radius 1 is 1.15 bits per heavy atom. The Morgan fingerprint density at radius 3 is 2.31 bits per heavy atom. The standard InChI is InChI=1S/C22H11Cl2F7N6O2/c1-9-4-10(2-3-12(9)17(38)33-19-34-18(21(26,27)28)37(8-32)35-19)15-7-20(39-36-15,22(29,30)31)11-5-13(23)16(25)14(24)6-11/h2-6H,7H2,1H3,(H,33,35,38). The Balaban J connectivity index is 1.60. The summed E-state index contributed by atoms with van der Waals surface area (Å²) in [7, 11) is 0. The first-order chi connectivity index (χ1) is 18.1. The highest BCUT2D eigenvalue weighted by Gasteiger charge is 2.62. The molecule has 1 atom stereocenters. The average Bonchev–Trinajstić information content (AvgIpc) is 3.47. The third-order valence-electron chi connectivity index (χ3n) is 5.62. The van der Waals surface area contributed by atoms with Crippen LogP contribution in [0.4, 0.5) is 36.7 Å². The number of aryl methyl sites for hydroxylation is 1. The average molecular weight is 595 g/mol. The Kier molecular flexibility index (Phi) is 6.98. The molecule has 2 aromatic carbocycles. The molecule has 1 aromatic heterocycles. The molecular weight excluding hydrogens is 584 g/mol. The highest BCUT2D eigenvalue weighted by Crippen LogP contribution is 2.50. The van der Waals surface area contributed by atoms with Gasteiger partial charge in [0.2, 0.25) is 12.0 Å². The van der Waals surface area contributed by atoms with Crippen molar-refractivity contribution in [2.24, 2.45) is 5.16 Å². The topological polar surface area (TPSA) is 105 Å². The lowest BCUT2D eigenvalue weighted by atomic mass is 9.86. The minimum atomic E-state index is -5.04. The van der Waals surface area contributed by atoms with Gasteiger partial charge in [-0.15, -0.1) is 9.78 Å². The number of aromatic nitrogens is 3. The fourth-order valence-corrected chi connectivity index (χ4v) is 4.22. The number of rotatable bonds is 4. The minimum Gasteiger partial charge on any atom is -0.374 e. The van der Waals surface area contributed by atoms with Crippen LogP contribution in [0.15, 0.2) is 35.5 Å². The summed E-state index contributed by atoms with van der Waals surface area (Å²) in [6.07, 6.45) is -9.74. The third-order valence-corrected chi connectivity index (χ3v) is 6.17. The molecule has 3 aromatic rings. The highest BCUT2D eigenvalue weighted by molar-refractivity contribution is 6.35. The van der Waals surface area contributed by atoms with E-state index in [1.54, 1.807) is 0 Å². The summed E-state index contributed by atoms with van der Waals surface area (Å²) in [5, 5.41) is 16.4. The molecule has 0 aliphatic carbocycles. The van der Waals surface area contributed by atoms with Gasteiger partial charge in [0.1, 0.15) is 0 Å². The SMILES string of the molecule is Cc1cc(C2=NOC(c3cc(Cl)c(F)c(Cl)c3)(C(F)(F)F)C2)ccc1C(=O)Nc1nc(C(F)(F)F)n(C#N)n1. The van der Waals surface area contributed by atoms with Crippen molar-refractivity contribution < 1.29 is 40.4 Å². The van der Waals surface area contributed by atoms with E-state index in [0.29, 0.717) is 0 Å². The molecule has 204 valence electrons. The van der Waals surface area contributed by atoms with Gasteiger partial charge in [-0.2, -0.15) is 36.6 Å². The summed E-state index contributed by atoms with van der Waals surface area (Å²) in [6, 6.07) is 5.20. The molecule has 2 heterocycles. The molecule has 0 bridgehead atoms. The van der Waals surface area contributed by atoms with Gasteiger partial charge in [-0.3, -0.25) is 10.1 Å². The fourth-order valence-electron chi connectivity index (χ4n) is 3.73. The Labute approximate surface area is 223 Å². The number of halogens is 9. The van der Waals surface area contributed by atoms with Gasteiger partial charge in [0.05, 0.1) is 15.8 Å². The zero-order valence-corrected chi connectivity index (χ0v) is 20.6. The first-order valence-corrected chi connectivity index (χ1v) is 11.2. The molecule has 1 unspecified atom stereocenters. The summed E-state index contributed by atoms with van der Waals surface area (Å²) < 4.78 is 95.2. The monoisotopic (exact) mass is 594 g/mol. The maximum absolute atomic E-state index is 14.2. The van der Waals surface area contributed by atoms with Crippen molar-refractivity contribution in [2.75, 3.05) is 5.32 Å². The molecule has 0 saturated heterocycles. The van der Waals surface area contributed by atoms with Crippen LogP contribution in [0, 0.1) is 24.2 Å². The second-order valence-electron chi connectivity index (χ2n) is 8.14. The first kappa shape index (κ1) is 28.1. The summed E-state index contributed by atoms with van der Waals surface area (Å²) in [5.41, 5.74) is -3.56. The van der Waals surface area contributed by atoms with Crippen LogP contribution in [0.1, 0.15) is 39.3 Å². The number of amides is 1. The summed E-state index contributed by atoms with van der Waals surface area (Å²) in [5.74, 6) is -4.50. The van der Waals surface area contributed by atoms with Crippen LogP contribution >= 0.6 is 23.2 Å². The number of carbonyl (C=O) groups is 1. The number of hydrogen-bond donors (Lipinski definition) is 1. The maximum atomic E-state index is 14.2. The van der Waals surface area contributed by atoms with Crippen molar-refractivity contribution in [3.63, 3.8) is 0 Å². The van der Waals surface area contributed by atoms with Gasteiger partial charge in [0.25, 0.3) is 17.5 Å². The molecule has 0 spiro atoms. The van der Waals surface area contributed by atoms with E-state index in [-0.39, 0.29) is 27.1 Å². The normalized spacial score (nSPS) is 17.4. The van der Waals surface area contributed by atoms with Gasteiger partial charge < -0.3 is 4.84 Å². The maximum Gasteiger partial charge on any atom is 0.452 e. The molecule has 17 heteroatoms. The number of anilines is 1. The van der Waals surface area contributed by atoms with Gasteiger partial charge in [0, 0.05) is 17.5 Å². The van der Waals surface area contributed by atoms with E-state index >= 15 is 0 Å². The van der Waals surface area contributed by atoms with Crippen LogP contribution in [0.25, 0.3) is 0 Å². The van der Waals surface area contributed by atoms with Crippen molar-refractivity contribution in [2.45, 2.75) is 31.3 Å². The molecule has 8 nitrogen and oxygen atoms in total. The number of benzene rings is 2. The van der Waals surface area contributed by atoms with E-state index < -0.39 is 63.5 Å². The molecule has 1 amide bonds. The number of oxime groups is 1. The van der Waals surface area contributed by atoms with Crippen molar-refractivity contribution in [1.29, 1.82) is 5.26 Å². The minimum absolute atomic E-state index is 0.0840. The Hall–Kier alpha value is -3.90. The number of nitrogens with zero attached hydrogens (tertiary/aromatic N) is 5. The molecule has 0 saturated carbocycles. The number of alkyl halides is 6. The smallest absolute Gasteiger partial charge is 0.374 e. The largest absolute Gasteiger partial charge is 0.452 e. The molecule has 0 fully saturated rings.